The summed E-state index contributed by atoms with van der Waals surface area (Å²) in [4.78, 5) is 0.268. The smallest absolute Gasteiger partial charge is 0.240 e. The van der Waals surface area contributed by atoms with Crippen LogP contribution in [-0.2, 0) is 22.0 Å². The third-order valence-corrected chi connectivity index (χ3v) is 5.17. The Balaban J connectivity index is 2.15. The summed E-state index contributed by atoms with van der Waals surface area (Å²) in [7, 11) is -3.56. The van der Waals surface area contributed by atoms with Crippen LogP contribution in [0.1, 0.15) is 38.8 Å². The maximum absolute atomic E-state index is 12.5. The van der Waals surface area contributed by atoms with Crippen LogP contribution in [0.2, 0.25) is 0 Å². The van der Waals surface area contributed by atoms with E-state index in [2.05, 4.69) is 25.5 Å². The molecule has 0 aromatic heterocycles. The van der Waals surface area contributed by atoms with Crippen molar-refractivity contribution in [1.29, 1.82) is 0 Å². The molecular weight excluding hydrogens is 322 g/mol. The van der Waals surface area contributed by atoms with Gasteiger partial charge in [-0.3, -0.25) is 0 Å². The quantitative estimate of drug-likeness (QED) is 0.863. The molecule has 0 saturated carbocycles. The zero-order chi connectivity index (χ0) is 17.8. The zero-order valence-electron chi connectivity index (χ0n) is 14.7. The average Bonchev–Trinajstić information content (AvgIpc) is 2.54. The van der Waals surface area contributed by atoms with Gasteiger partial charge in [-0.25, -0.2) is 13.1 Å². The minimum Gasteiger partial charge on any atom is -0.494 e. The predicted octanol–water partition coefficient (Wildman–Crippen LogP) is 3.86. The molecule has 2 aromatic rings. The summed E-state index contributed by atoms with van der Waals surface area (Å²) >= 11 is 0. The SMILES string of the molecule is CCOc1ccccc1CNS(=O)(=O)c1ccc(C(C)(C)C)cc1. The maximum Gasteiger partial charge on any atom is 0.240 e. The van der Waals surface area contributed by atoms with E-state index in [9.17, 15) is 8.42 Å². The molecule has 130 valence electrons. The van der Waals surface area contributed by atoms with E-state index in [0.29, 0.717) is 12.4 Å². The topological polar surface area (TPSA) is 55.4 Å². The fraction of sp³-hybridized carbons (Fsp3) is 0.368. The van der Waals surface area contributed by atoms with Crippen LogP contribution in [0.3, 0.4) is 0 Å². The highest BCUT2D eigenvalue weighted by atomic mass is 32.2. The van der Waals surface area contributed by atoms with E-state index in [-0.39, 0.29) is 16.9 Å². The van der Waals surface area contributed by atoms with E-state index in [4.69, 9.17) is 4.74 Å². The summed E-state index contributed by atoms with van der Waals surface area (Å²) in [5.74, 6) is 0.700. The molecule has 0 atom stereocenters. The Morgan fingerprint density at radius 1 is 1.00 bits per heavy atom. The van der Waals surface area contributed by atoms with Gasteiger partial charge in [0.2, 0.25) is 10.0 Å². The van der Waals surface area contributed by atoms with Crippen molar-refractivity contribution < 1.29 is 13.2 Å². The lowest BCUT2D eigenvalue weighted by Gasteiger charge is -2.19. The molecule has 4 nitrogen and oxygen atoms in total. The molecule has 0 radical (unpaired) electrons. The van der Waals surface area contributed by atoms with Crippen LogP contribution in [-0.4, -0.2) is 15.0 Å². The van der Waals surface area contributed by atoms with Crippen LogP contribution in [0.15, 0.2) is 53.4 Å². The largest absolute Gasteiger partial charge is 0.494 e. The molecule has 1 N–H and O–H groups in total. The van der Waals surface area contributed by atoms with E-state index in [1.165, 1.54) is 0 Å². The standard InChI is InChI=1S/C19H25NO3S/c1-5-23-18-9-7-6-8-15(18)14-20-24(21,22)17-12-10-16(11-13-17)19(2,3)4/h6-13,20H,5,14H2,1-4H3. The molecule has 0 spiro atoms. The number of hydrogen-bond acceptors (Lipinski definition) is 3. The molecule has 0 aliphatic carbocycles. The second-order valence-electron chi connectivity index (χ2n) is 6.64. The van der Waals surface area contributed by atoms with Crippen molar-refractivity contribution in [2.75, 3.05) is 6.61 Å². The van der Waals surface area contributed by atoms with Gasteiger partial charge in [-0.15, -0.1) is 0 Å². The Labute approximate surface area is 144 Å². The third-order valence-electron chi connectivity index (χ3n) is 3.76. The van der Waals surface area contributed by atoms with Crippen molar-refractivity contribution in [3.05, 3.63) is 59.7 Å². The second kappa shape index (κ2) is 7.36. The summed E-state index contributed by atoms with van der Waals surface area (Å²) in [6, 6.07) is 14.5. The Kier molecular flexibility index (Phi) is 5.67. The van der Waals surface area contributed by atoms with Crippen molar-refractivity contribution in [2.24, 2.45) is 0 Å². The van der Waals surface area contributed by atoms with Crippen molar-refractivity contribution in [3.8, 4) is 5.75 Å². The summed E-state index contributed by atoms with van der Waals surface area (Å²) < 4.78 is 33.1. The molecule has 5 heteroatoms. The number of sulfonamides is 1. The molecule has 0 unspecified atom stereocenters. The van der Waals surface area contributed by atoms with Crippen molar-refractivity contribution in [3.63, 3.8) is 0 Å². The first-order valence-corrected chi connectivity index (χ1v) is 9.53. The van der Waals surface area contributed by atoms with Crippen LogP contribution in [0.5, 0.6) is 5.75 Å². The lowest BCUT2D eigenvalue weighted by Crippen LogP contribution is -2.23. The molecular formula is C19H25NO3S. The molecule has 0 saturated heterocycles. The second-order valence-corrected chi connectivity index (χ2v) is 8.41. The van der Waals surface area contributed by atoms with Gasteiger partial charge in [0.25, 0.3) is 0 Å². The molecule has 0 aliphatic rings. The molecule has 0 heterocycles. The third kappa shape index (κ3) is 4.58. The first-order valence-electron chi connectivity index (χ1n) is 8.05. The summed E-state index contributed by atoms with van der Waals surface area (Å²) in [5, 5.41) is 0. The number of rotatable bonds is 6. The lowest BCUT2D eigenvalue weighted by atomic mass is 9.87. The van der Waals surface area contributed by atoms with Crippen molar-refractivity contribution in [2.45, 2.75) is 44.6 Å². The minimum absolute atomic E-state index is 0.00779. The predicted molar refractivity (Wildman–Crippen MR) is 96.8 cm³/mol. The summed E-state index contributed by atoms with van der Waals surface area (Å²) in [6.07, 6.45) is 0. The monoisotopic (exact) mass is 347 g/mol. The highest BCUT2D eigenvalue weighted by molar-refractivity contribution is 7.89. The van der Waals surface area contributed by atoms with Gasteiger partial charge in [0, 0.05) is 12.1 Å². The van der Waals surface area contributed by atoms with Gasteiger partial charge >= 0.3 is 0 Å². The normalized spacial score (nSPS) is 12.2. The Morgan fingerprint density at radius 2 is 1.62 bits per heavy atom. The lowest BCUT2D eigenvalue weighted by molar-refractivity contribution is 0.336. The van der Waals surface area contributed by atoms with E-state index in [1.807, 2.05) is 43.3 Å². The molecule has 2 rings (SSSR count). The molecule has 0 aliphatic heterocycles. The van der Waals surface area contributed by atoms with Gasteiger partial charge in [-0.05, 0) is 36.1 Å². The van der Waals surface area contributed by atoms with Gasteiger partial charge in [0.1, 0.15) is 5.75 Å². The van der Waals surface area contributed by atoms with Crippen molar-refractivity contribution >= 4 is 10.0 Å². The number of hydrogen-bond donors (Lipinski definition) is 1. The van der Waals surface area contributed by atoms with Gasteiger partial charge in [-0.2, -0.15) is 0 Å². The van der Waals surface area contributed by atoms with Crippen LogP contribution < -0.4 is 9.46 Å². The highest BCUT2D eigenvalue weighted by Gasteiger charge is 2.18. The van der Waals surface area contributed by atoms with Gasteiger partial charge in [0.05, 0.1) is 11.5 Å². The van der Waals surface area contributed by atoms with Gasteiger partial charge in [-0.1, -0.05) is 51.1 Å². The number of ether oxygens (including phenoxy) is 1. The maximum atomic E-state index is 12.5. The Hall–Kier alpha value is -1.85. The van der Waals surface area contributed by atoms with Crippen LogP contribution >= 0.6 is 0 Å². The average molecular weight is 347 g/mol. The van der Waals surface area contributed by atoms with E-state index in [0.717, 1.165) is 11.1 Å². The summed E-state index contributed by atoms with van der Waals surface area (Å²) in [5.41, 5.74) is 1.91. The minimum atomic E-state index is -3.56. The molecule has 2 aromatic carbocycles. The van der Waals surface area contributed by atoms with E-state index < -0.39 is 10.0 Å². The van der Waals surface area contributed by atoms with Crippen LogP contribution in [0.25, 0.3) is 0 Å². The molecule has 0 amide bonds. The first-order chi connectivity index (χ1) is 11.2. The van der Waals surface area contributed by atoms with Gasteiger partial charge in [0.15, 0.2) is 0 Å². The molecule has 24 heavy (non-hydrogen) atoms. The molecule has 0 fully saturated rings. The Bertz CT molecular complexity index is 775. The highest BCUT2D eigenvalue weighted by Crippen LogP contribution is 2.24. The Morgan fingerprint density at radius 3 is 2.21 bits per heavy atom. The summed E-state index contributed by atoms with van der Waals surface area (Å²) in [6.45, 7) is 8.92. The van der Waals surface area contributed by atoms with E-state index in [1.54, 1.807) is 12.1 Å². The number of benzene rings is 2. The van der Waals surface area contributed by atoms with Gasteiger partial charge < -0.3 is 4.74 Å². The fourth-order valence-corrected chi connectivity index (χ4v) is 3.34. The van der Waals surface area contributed by atoms with Crippen molar-refractivity contribution in [1.82, 2.24) is 4.72 Å². The number of para-hydroxylation sites is 1. The first kappa shape index (κ1) is 18.5. The van der Waals surface area contributed by atoms with Crippen LogP contribution in [0.4, 0.5) is 0 Å². The number of nitrogens with one attached hydrogen (secondary N) is 1. The van der Waals surface area contributed by atoms with E-state index >= 15 is 0 Å². The zero-order valence-corrected chi connectivity index (χ0v) is 15.5. The van der Waals surface area contributed by atoms with Crippen LogP contribution in [0, 0.1) is 0 Å². The fourth-order valence-electron chi connectivity index (χ4n) is 2.34. The molecule has 0 bridgehead atoms.